The van der Waals surface area contributed by atoms with Crippen LogP contribution in [-0.4, -0.2) is 72.3 Å². The average molecular weight is 372 g/mol. The molecule has 1 atom stereocenters. The summed E-state index contributed by atoms with van der Waals surface area (Å²) in [5.74, 6) is 0.374. The summed E-state index contributed by atoms with van der Waals surface area (Å²) in [5, 5.41) is 0. The number of piperidine rings is 1. The van der Waals surface area contributed by atoms with Crippen LogP contribution in [0.5, 0.6) is 0 Å². The Morgan fingerprint density at radius 1 is 1.15 bits per heavy atom. The van der Waals surface area contributed by atoms with Crippen LogP contribution in [0.4, 0.5) is 0 Å². The molecule has 3 rings (SSSR count). The molecule has 2 heterocycles. The molecule has 0 aliphatic carbocycles. The summed E-state index contributed by atoms with van der Waals surface area (Å²) in [5.41, 5.74) is 1.40. The fourth-order valence-electron chi connectivity index (χ4n) is 4.25. The summed E-state index contributed by atoms with van der Waals surface area (Å²) < 4.78 is 0. The van der Waals surface area contributed by atoms with Crippen LogP contribution in [-0.2, 0) is 16.0 Å². The molecule has 27 heavy (non-hydrogen) atoms. The van der Waals surface area contributed by atoms with Crippen molar-refractivity contribution in [3.05, 3.63) is 35.9 Å². The fourth-order valence-corrected chi connectivity index (χ4v) is 4.25. The highest BCUT2D eigenvalue weighted by Crippen LogP contribution is 2.17. The zero-order valence-corrected chi connectivity index (χ0v) is 16.6. The van der Waals surface area contributed by atoms with E-state index in [2.05, 4.69) is 35.2 Å². The van der Waals surface area contributed by atoms with Gasteiger partial charge in [0.1, 0.15) is 0 Å². The Labute approximate surface area is 163 Å². The molecule has 148 valence electrons. The van der Waals surface area contributed by atoms with Gasteiger partial charge in [-0.1, -0.05) is 30.3 Å². The molecular weight excluding hydrogens is 338 g/mol. The molecule has 2 aliphatic heterocycles. The summed E-state index contributed by atoms with van der Waals surface area (Å²) in [6, 6.07) is 10.9. The van der Waals surface area contributed by atoms with E-state index in [0.717, 1.165) is 58.3 Å². The van der Waals surface area contributed by atoms with Crippen LogP contribution in [0.2, 0.25) is 0 Å². The Morgan fingerprint density at radius 3 is 2.70 bits per heavy atom. The van der Waals surface area contributed by atoms with Gasteiger partial charge < -0.3 is 14.7 Å². The number of benzene rings is 1. The molecule has 0 unspecified atom stereocenters. The van der Waals surface area contributed by atoms with E-state index < -0.39 is 0 Å². The normalized spacial score (nSPS) is 20.9. The number of likely N-dealkylation sites (N-methyl/N-ethyl adjacent to an activating group) is 1. The largest absolute Gasteiger partial charge is 0.342 e. The van der Waals surface area contributed by atoms with Gasteiger partial charge in [-0.3, -0.25) is 9.59 Å². The third kappa shape index (κ3) is 5.80. The van der Waals surface area contributed by atoms with Crippen molar-refractivity contribution in [2.45, 2.75) is 51.0 Å². The Morgan fingerprint density at radius 2 is 1.96 bits per heavy atom. The van der Waals surface area contributed by atoms with Gasteiger partial charge in [0.2, 0.25) is 11.8 Å². The van der Waals surface area contributed by atoms with Gasteiger partial charge in [0, 0.05) is 45.6 Å². The molecule has 0 saturated carbocycles. The van der Waals surface area contributed by atoms with Gasteiger partial charge in [-0.2, -0.15) is 0 Å². The van der Waals surface area contributed by atoms with Crippen LogP contribution in [0.3, 0.4) is 0 Å². The predicted octanol–water partition coefficient (Wildman–Crippen LogP) is 2.55. The van der Waals surface area contributed by atoms with Crippen molar-refractivity contribution in [1.29, 1.82) is 0 Å². The lowest BCUT2D eigenvalue weighted by molar-refractivity contribution is -0.134. The van der Waals surface area contributed by atoms with Crippen molar-refractivity contribution in [3.8, 4) is 0 Å². The highest BCUT2D eigenvalue weighted by molar-refractivity contribution is 5.80. The molecule has 1 aromatic rings. The maximum absolute atomic E-state index is 12.6. The summed E-state index contributed by atoms with van der Waals surface area (Å²) in [6.45, 7) is 4.59. The van der Waals surface area contributed by atoms with E-state index >= 15 is 0 Å². The van der Waals surface area contributed by atoms with E-state index in [1.807, 2.05) is 16.8 Å². The zero-order chi connectivity index (χ0) is 19.1. The van der Waals surface area contributed by atoms with Crippen molar-refractivity contribution < 1.29 is 9.59 Å². The maximum Gasteiger partial charge on any atom is 0.224 e. The molecule has 2 saturated heterocycles. The molecular formula is C22H33N3O2. The highest BCUT2D eigenvalue weighted by atomic mass is 16.2. The van der Waals surface area contributed by atoms with E-state index in [1.165, 1.54) is 5.56 Å². The Bertz CT molecular complexity index is 619. The number of aryl methyl sites for hydroxylation is 1. The molecule has 0 bridgehead atoms. The third-order valence-corrected chi connectivity index (χ3v) is 5.97. The molecule has 0 N–H and O–H groups in total. The van der Waals surface area contributed by atoms with Gasteiger partial charge in [-0.15, -0.1) is 0 Å². The Kier molecular flexibility index (Phi) is 7.27. The van der Waals surface area contributed by atoms with Gasteiger partial charge >= 0.3 is 0 Å². The molecule has 5 heteroatoms. The summed E-state index contributed by atoms with van der Waals surface area (Å²) >= 11 is 0. The summed E-state index contributed by atoms with van der Waals surface area (Å²) in [4.78, 5) is 30.6. The summed E-state index contributed by atoms with van der Waals surface area (Å²) in [6.07, 6.45) is 6.53. The Hall–Kier alpha value is -1.88. The minimum absolute atomic E-state index is 0.172. The average Bonchev–Trinajstić information content (AvgIpc) is 3.11. The van der Waals surface area contributed by atoms with E-state index in [1.54, 1.807) is 0 Å². The summed E-state index contributed by atoms with van der Waals surface area (Å²) in [7, 11) is 1.94. The van der Waals surface area contributed by atoms with E-state index in [-0.39, 0.29) is 11.8 Å². The SMILES string of the molecule is CN(C(=O)CCN1CCCC1=O)[C@H]1CCCN(CCCc2ccccc2)C1. The first-order valence-electron chi connectivity index (χ1n) is 10.4. The van der Waals surface area contributed by atoms with Crippen molar-refractivity contribution in [3.63, 3.8) is 0 Å². The molecule has 2 amide bonds. The first-order chi connectivity index (χ1) is 13.1. The zero-order valence-electron chi connectivity index (χ0n) is 16.6. The molecule has 0 aromatic heterocycles. The van der Waals surface area contributed by atoms with Crippen molar-refractivity contribution in [1.82, 2.24) is 14.7 Å². The lowest BCUT2D eigenvalue weighted by Crippen LogP contribution is -2.49. The quantitative estimate of drug-likeness (QED) is 0.705. The van der Waals surface area contributed by atoms with Crippen LogP contribution in [0.1, 0.15) is 44.1 Å². The number of rotatable bonds is 8. The highest BCUT2D eigenvalue weighted by Gasteiger charge is 2.27. The molecule has 2 aliphatic rings. The Balaban J connectivity index is 1.39. The van der Waals surface area contributed by atoms with Crippen LogP contribution in [0, 0.1) is 0 Å². The smallest absolute Gasteiger partial charge is 0.224 e. The number of hydrogen-bond donors (Lipinski definition) is 0. The second kappa shape index (κ2) is 9.88. The van der Waals surface area contributed by atoms with Crippen molar-refractivity contribution in [2.75, 3.05) is 39.8 Å². The number of likely N-dealkylation sites (tertiary alicyclic amines) is 2. The van der Waals surface area contributed by atoms with E-state index in [4.69, 9.17) is 0 Å². The van der Waals surface area contributed by atoms with Gasteiger partial charge in [-0.05, 0) is 50.8 Å². The fraction of sp³-hybridized carbons (Fsp3) is 0.636. The molecule has 0 radical (unpaired) electrons. The minimum Gasteiger partial charge on any atom is -0.342 e. The van der Waals surface area contributed by atoms with Gasteiger partial charge in [0.05, 0.1) is 0 Å². The molecule has 5 nitrogen and oxygen atoms in total. The molecule has 2 fully saturated rings. The second-order valence-electron chi connectivity index (χ2n) is 7.92. The second-order valence-corrected chi connectivity index (χ2v) is 7.92. The monoisotopic (exact) mass is 371 g/mol. The minimum atomic E-state index is 0.172. The van der Waals surface area contributed by atoms with Crippen LogP contribution in [0.15, 0.2) is 30.3 Å². The number of hydrogen-bond acceptors (Lipinski definition) is 3. The van der Waals surface area contributed by atoms with E-state index in [9.17, 15) is 9.59 Å². The van der Waals surface area contributed by atoms with Gasteiger partial charge in [0.25, 0.3) is 0 Å². The first kappa shape index (κ1) is 19.9. The first-order valence-corrected chi connectivity index (χ1v) is 10.4. The van der Waals surface area contributed by atoms with Crippen LogP contribution in [0.25, 0.3) is 0 Å². The predicted molar refractivity (Wildman–Crippen MR) is 107 cm³/mol. The topological polar surface area (TPSA) is 43.9 Å². The van der Waals surface area contributed by atoms with Gasteiger partial charge in [0.15, 0.2) is 0 Å². The standard InChI is InChI=1S/C22H33N3O2/c1-23(21(26)13-17-25-16-7-12-22(25)27)20-11-6-15-24(18-20)14-5-10-19-8-3-2-4-9-19/h2-4,8-9,20H,5-7,10-18H2,1H3/t20-/m0/s1. The molecule has 1 aromatic carbocycles. The van der Waals surface area contributed by atoms with Gasteiger partial charge in [-0.25, -0.2) is 0 Å². The number of nitrogens with zero attached hydrogens (tertiary/aromatic N) is 3. The molecule has 0 spiro atoms. The number of carbonyl (C=O) groups is 2. The van der Waals surface area contributed by atoms with Crippen molar-refractivity contribution >= 4 is 11.8 Å². The lowest BCUT2D eigenvalue weighted by atomic mass is 10.0. The maximum atomic E-state index is 12.6. The van der Waals surface area contributed by atoms with Crippen LogP contribution < -0.4 is 0 Å². The van der Waals surface area contributed by atoms with E-state index in [0.29, 0.717) is 25.4 Å². The van der Waals surface area contributed by atoms with Crippen molar-refractivity contribution in [2.24, 2.45) is 0 Å². The number of amides is 2. The lowest BCUT2D eigenvalue weighted by Gasteiger charge is -2.38. The number of carbonyl (C=O) groups excluding carboxylic acids is 2. The van der Waals surface area contributed by atoms with Crippen LogP contribution >= 0.6 is 0 Å². The third-order valence-electron chi connectivity index (χ3n) is 5.97.